The minimum Gasteiger partial charge on any atom is -0.445 e. The highest BCUT2D eigenvalue weighted by molar-refractivity contribution is 5.67. The second-order valence-corrected chi connectivity index (χ2v) is 5.96. The van der Waals surface area contributed by atoms with E-state index in [0.717, 1.165) is 24.9 Å². The third kappa shape index (κ3) is 11.6. The standard InChI is InChI=1S/C19H32N2O2/c20-15-11-6-4-2-1-3-5-7-12-16-21-19(22)23-17-18-13-9-8-10-14-18/h8-10,13-14H,1-7,11-12,15-17,20H2,(H,21,22). The van der Waals surface area contributed by atoms with Crippen LogP contribution >= 0.6 is 0 Å². The predicted molar refractivity (Wildman–Crippen MR) is 95.2 cm³/mol. The number of alkyl carbamates (subject to hydrolysis) is 1. The molecule has 1 amide bonds. The van der Waals surface area contributed by atoms with Crippen molar-refractivity contribution in [3.8, 4) is 0 Å². The van der Waals surface area contributed by atoms with E-state index >= 15 is 0 Å². The fourth-order valence-electron chi connectivity index (χ4n) is 2.47. The Morgan fingerprint density at radius 2 is 1.43 bits per heavy atom. The Morgan fingerprint density at radius 3 is 2.04 bits per heavy atom. The van der Waals surface area contributed by atoms with Crippen molar-refractivity contribution >= 4 is 6.09 Å². The van der Waals surface area contributed by atoms with Crippen molar-refractivity contribution in [1.29, 1.82) is 0 Å². The summed E-state index contributed by atoms with van der Waals surface area (Å²) in [7, 11) is 0. The van der Waals surface area contributed by atoms with E-state index in [2.05, 4.69) is 5.32 Å². The maximum absolute atomic E-state index is 11.5. The van der Waals surface area contributed by atoms with Gasteiger partial charge in [-0.05, 0) is 24.9 Å². The first kappa shape index (κ1) is 19.5. The van der Waals surface area contributed by atoms with Crippen LogP contribution in [0.1, 0.15) is 63.4 Å². The second kappa shape index (κ2) is 14.1. The van der Waals surface area contributed by atoms with Gasteiger partial charge in [0.2, 0.25) is 0 Å². The van der Waals surface area contributed by atoms with E-state index in [0.29, 0.717) is 13.2 Å². The number of unbranched alkanes of at least 4 members (excludes halogenated alkanes) is 8. The summed E-state index contributed by atoms with van der Waals surface area (Å²) in [6.45, 7) is 1.85. The summed E-state index contributed by atoms with van der Waals surface area (Å²) >= 11 is 0. The number of hydrogen-bond acceptors (Lipinski definition) is 3. The van der Waals surface area contributed by atoms with Gasteiger partial charge in [-0.1, -0.05) is 75.3 Å². The highest BCUT2D eigenvalue weighted by Crippen LogP contribution is 2.09. The molecule has 23 heavy (non-hydrogen) atoms. The maximum Gasteiger partial charge on any atom is 0.407 e. The van der Waals surface area contributed by atoms with Gasteiger partial charge < -0.3 is 15.8 Å². The van der Waals surface area contributed by atoms with Gasteiger partial charge in [0.15, 0.2) is 0 Å². The summed E-state index contributed by atoms with van der Waals surface area (Å²) in [5.74, 6) is 0. The van der Waals surface area contributed by atoms with Crippen LogP contribution in [-0.4, -0.2) is 19.2 Å². The van der Waals surface area contributed by atoms with Gasteiger partial charge in [-0.25, -0.2) is 4.79 Å². The molecule has 0 bridgehead atoms. The highest BCUT2D eigenvalue weighted by atomic mass is 16.5. The number of carbonyl (C=O) groups excluding carboxylic acids is 1. The molecule has 130 valence electrons. The van der Waals surface area contributed by atoms with E-state index in [1.54, 1.807) is 0 Å². The zero-order valence-corrected chi connectivity index (χ0v) is 14.3. The number of nitrogens with two attached hydrogens (primary N) is 1. The van der Waals surface area contributed by atoms with Gasteiger partial charge in [-0.3, -0.25) is 0 Å². The predicted octanol–water partition coefficient (Wildman–Crippen LogP) is 4.38. The molecule has 0 atom stereocenters. The van der Waals surface area contributed by atoms with Gasteiger partial charge in [0.1, 0.15) is 6.61 Å². The Labute approximate surface area is 140 Å². The zero-order valence-electron chi connectivity index (χ0n) is 14.3. The third-order valence-corrected chi connectivity index (χ3v) is 3.86. The number of carbonyl (C=O) groups is 1. The monoisotopic (exact) mass is 320 g/mol. The average Bonchev–Trinajstić information content (AvgIpc) is 2.59. The minimum atomic E-state index is -0.325. The van der Waals surface area contributed by atoms with Crippen molar-refractivity contribution in [1.82, 2.24) is 5.32 Å². The number of hydrogen-bond donors (Lipinski definition) is 2. The normalized spacial score (nSPS) is 10.5. The first-order valence-corrected chi connectivity index (χ1v) is 8.97. The van der Waals surface area contributed by atoms with Crippen molar-refractivity contribution in [2.75, 3.05) is 13.1 Å². The Bertz CT molecular complexity index is 396. The molecular weight excluding hydrogens is 288 g/mol. The molecule has 0 radical (unpaired) electrons. The lowest BCUT2D eigenvalue weighted by atomic mass is 10.1. The summed E-state index contributed by atoms with van der Waals surface area (Å²) < 4.78 is 5.16. The van der Waals surface area contributed by atoms with Crippen LogP contribution in [0.2, 0.25) is 0 Å². The topological polar surface area (TPSA) is 64.3 Å². The van der Waals surface area contributed by atoms with Gasteiger partial charge >= 0.3 is 6.09 Å². The van der Waals surface area contributed by atoms with E-state index < -0.39 is 0 Å². The van der Waals surface area contributed by atoms with E-state index in [1.165, 1.54) is 44.9 Å². The third-order valence-electron chi connectivity index (χ3n) is 3.86. The number of ether oxygens (including phenoxy) is 1. The fraction of sp³-hybridized carbons (Fsp3) is 0.632. The quantitative estimate of drug-likeness (QED) is 0.530. The SMILES string of the molecule is NCCCCCCCCCCCNC(=O)OCc1ccccc1. The molecule has 0 aromatic heterocycles. The number of benzene rings is 1. The van der Waals surface area contributed by atoms with Crippen LogP contribution in [0.5, 0.6) is 0 Å². The lowest BCUT2D eigenvalue weighted by molar-refractivity contribution is 0.139. The molecule has 0 aliphatic carbocycles. The summed E-state index contributed by atoms with van der Waals surface area (Å²) in [5.41, 5.74) is 6.48. The van der Waals surface area contributed by atoms with Crippen molar-refractivity contribution in [2.24, 2.45) is 5.73 Å². The number of nitrogens with one attached hydrogen (secondary N) is 1. The molecule has 1 rings (SSSR count). The van der Waals surface area contributed by atoms with Gasteiger partial charge in [-0.15, -0.1) is 0 Å². The summed E-state index contributed by atoms with van der Waals surface area (Å²) in [4.78, 5) is 11.5. The number of amides is 1. The van der Waals surface area contributed by atoms with Crippen LogP contribution in [0, 0.1) is 0 Å². The second-order valence-electron chi connectivity index (χ2n) is 5.96. The van der Waals surface area contributed by atoms with Crippen LogP contribution in [0.3, 0.4) is 0 Å². The zero-order chi connectivity index (χ0) is 16.6. The fourth-order valence-corrected chi connectivity index (χ4v) is 2.47. The molecule has 0 aliphatic heterocycles. The molecule has 0 saturated heterocycles. The van der Waals surface area contributed by atoms with Crippen molar-refractivity contribution in [3.05, 3.63) is 35.9 Å². The van der Waals surface area contributed by atoms with Crippen LogP contribution in [0.25, 0.3) is 0 Å². The molecule has 4 nitrogen and oxygen atoms in total. The lowest BCUT2D eigenvalue weighted by Crippen LogP contribution is -2.25. The lowest BCUT2D eigenvalue weighted by Gasteiger charge is -2.07. The van der Waals surface area contributed by atoms with Gasteiger partial charge in [0.05, 0.1) is 0 Å². The molecule has 4 heteroatoms. The van der Waals surface area contributed by atoms with Crippen molar-refractivity contribution in [2.45, 2.75) is 64.4 Å². The highest BCUT2D eigenvalue weighted by Gasteiger charge is 2.01. The van der Waals surface area contributed by atoms with E-state index in [1.807, 2.05) is 30.3 Å². The molecule has 0 spiro atoms. The molecule has 1 aromatic rings. The number of rotatable bonds is 13. The van der Waals surface area contributed by atoms with Gasteiger partial charge in [0.25, 0.3) is 0 Å². The first-order chi connectivity index (χ1) is 11.3. The molecule has 0 heterocycles. The minimum absolute atomic E-state index is 0.325. The van der Waals surface area contributed by atoms with Crippen LogP contribution < -0.4 is 11.1 Å². The molecule has 0 aliphatic rings. The van der Waals surface area contributed by atoms with Crippen molar-refractivity contribution < 1.29 is 9.53 Å². The molecule has 0 unspecified atom stereocenters. The summed E-state index contributed by atoms with van der Waals surface area (Å²) in [6.07, 6.45) is 10.8. The Balaban J connectivity index is 1.84. The largest absolute Gasteiger partial charge is 0.445 e. The average molecular weight is 320 g/mol. The molecule has 1 aromatic carbocycles. The van der Waals surface area contributed by atoms with E-state index in [9.17, 15) is 4.79 Å². The molecule has 0 fully saturated rings. The van der Waals surface area contributed by atoms with Crippen molar-refractivity contribution in [3.63, 3.8) is 0 Å². The molecular formula is C19H32N2O2. The van der Waals surface area contributed by atoms with Crippen LogP contribution in [0.4, 0.5) is 4.79 Å². The smallest absolute Gasteiger partial charge is 0.407 e. The molecule has 3 N–H and O–H groups in total. The van der Waals surface area contributed by atoms with Crippen LogP contribution in [0.15, 0.2) is 30.3 Å². The maximum atomic E-state index is 11.5. The van der Waals surface area contributed by atoms with Gasteiger partial charge in [0, 0.05) is 6.54 Å². The van der Waals surface area contributed by atoms with E-state index in [-0.39, 0.29) is 6.09 Å². The Morgan fingerprint density at radius 1 is 0.870 bits per heavy atom. The Hall–Kier alpha value is -1.55. The van der Waals surface area contributed by atoms with Gasteiger partial charge in [-0.2, -0.15) is 0 Å². The summed E-state index contributed by atoms with van der Waals surface area (Å²) in [6, 6.07) is 9.72. The van der Waals surface area contributed by atoms with Crippen LogP contribution in [-0.2, 0) is 11.3 Å². The molecule has 0 saturated carbocycles. The first-order valence-electron chi connectivity index (χ1n) is 8.97. The Kier molecular flexibility index (Phi) is 11.9. The summed E-state index contributed by atoms with van der Waals surface area (Å²) in [5, 5.41) is 2.81. The van der Waals surface area contributed by atoms with E-state index in [4.69, 9.17) is 10.5 Å².